The maximum Gasteiger partial charge on any atom is 0.394 e. The van der Waals surface area contributed by atoms with Gasteiger partial charge in [0.05, 0.1) is 37.5 Å². The summed E-state index contributed by atoms with van der Waals surface area (Å²) in [5, 5.41) is 8.65. The summed E-state index contributed by atoms with van der Waals surface area (Å²) in [7, 11) is 12.3. The first-order valence-electron chi connectivity index (χ1n) is 39.0. The van der Waals surface area contributed by atoms with E-state index in [0.29, 0.717) is 44.9 Å². The van der Waals surface area contributed by atoms with E-state index in [1.165, 1.54) is 88.1 Å². The number of amides is 12. The van der Waals surface area contributed by atoms with E-state index in [1.807, 2.05) is 13.8 Å². The Morgan fingerprint density at radius 1 is 0.657 bits per heavy atom. The number of likely N-dealkylation sites (N-methyl/N-ethyl adjacent to an activating group) is 7. The topological polar surface area (TPSA) is 289 Å². The van der Waals surface area contributed by atoms with Gasteiger partial charge in [0.2, 0.25) is 70.9 Å². The lowest BCUT2D eigenvalue weighted by molar-refractivity contribution is -0.215. The highest BCUT2D eigenvalue weighted by molar-refractivity contribution is 6.01. The van der Waals surface area contributed by atoms with E-state index in [9.17, 15) is 50.3 Å². The maximum atomic E-state index is 15.6. The molecule has 32 heteroatoms. The fourth-order valence-electron chi connectivity index (χ4n) is 17.4. The Morgan fingerprint density at radius 2 is 1.31 bits per heavy atom. The summed E-state index contributed by atoms with van der Waals surface area (Å²) in [4.78, 5) is 193. The SMILES string of the molecule is CCCN(C)C(=O)[C@@H]1CC(=O)N(C)[C@@H](CCOC)C(=O)N[C@@H]([C@@H](C)CC)C(=O)N(C)CC(=O)N(C)[C@H]2C/C=C\CCN(C2=O)[C@@H](CC2CCC(C(F)(F)F)CC2)C(=O)N(C)CC(=O)N[C@@H](CCC2CCC(C(F)(F)F)C(OC)C2)C(=O)N2C[C@@H](C)C[C@H]2C(=O)NC2(CCC2)C(=O)N(C)[C@@H](C2CCCC2)C(=O)N1C. The Hall–Kier alpha value is -7.12. The van der Waals surface area contributed by atoms with Gasteiger partial charge in [-0.1, -0.05) is 59.1 Å². The van der Waals surface area contributed by atoms with Crippen LogP contribution >= 0.6 is 0 Å². The van der Waals surface area contributed by atoms with Crippen LogP contribution in [0, 0.1) is 41.4 Å². The first-order valence-corrected chi connectivity index (χ1v) is 39.0. The van der Waals surface area contributed by atoms with E-state index in [1.54, 1.807) is 26.0 Å². The molecule has 7 rings (SSSR count). The van der Waals surface area contributed by atoms with Gasteiger partial charge in [-0.25, -0.2) is 0 Å². The summed E-state index contributed by atoms with van der Waals surface area (Å²) in [5.41, 5.74) is -1.60. The molecule has 0 radical (unpaired) electrons. The molecule has 0 aromatic rings. The molecular weight excluding hydrogens is 1420 g/mol. The van der Waals surface area contributed by atoms with Crippen molar-refractivity contribution in [3.8, 4) is 0 Å². The third kappa shape index (κ3) is 21.5. The molecule has 4 aliphatic carbocycles. The van der Waals surface area contributed by atoms with Gasteiger partial charge in [-0.2, -0.15) is 26.3 Å². The van der Waals surface area contributed by atoms with E-state index < -0.39 is 198 Å². The minimum absolute atomic E-state index is 0.0108. The number of ether oxygens (including phenoxy) is 2. The predicted octanol–water partition coefficient (Wildman–Crippen LogP) is 6.08. The lowest BCUT2D eigenvalue weighted by Crippen LogP contribution is -2.68. The van der Waals surface area contributed by atoms with Gasteiger partial charge in [0.25, 0.3) is 0 Å². The molecule has 7 aliphatic rings. The van der Waals surface area contributed by atoms with Gasteiger partial charge in [0.1, 0.15) is 53.9 Å². The second-order valence-electron chi connectivity index (χ2n) is 32.0. The molecule has 0 aromatic heterocycles. The Bertz CT molecular complexity index is 3200. The molecule has 26 nitrogen and oxygen atoms in total. The van der Waals surface area contributed by atoms with Crippen LogP contribution in [0.4, 0.5) is 26.3 Å². The zero-order valence-electron chi connectivity index (χ0n) is 65.6. The summed E-state index contributed by atoms with van der Waals surface area (Å²) >= 11 is 0. The average Bonchev–Trinajstić information content (AvgIpc) is 1.31. The highest BCUT2D eigenvalue weighted by atomic mass is 19.4. The summed E-state index contributed by atoms with van der Waals surface area (Å²) in [6, 6.07) is -10.8. The van der Waals surface area contributed by atoms with Crippen LogP contribution in [-0.2, 0) is 67.0 Å². The number of carbonyl (C=O) groups excluding carboxylic acids is 12. The van der Waals surface area contributed by atoms with Crippen molar-refractivity contribution in [1.29, 1.82) is 0 Å². The normalized spacial score (nSPS) is 31.2. The highest BCUT2D eigenvalue weighted by Gasteiger charge is 2.55. The van der Waals surface area contributed by atoms with Crippen LogP contribution in [0.3, 0.4) is 0 Å². The average molecular weight is 1540 g/mol. The van der Waals surface area contributed by atoms with Crippen LogP contribution < -0.4 is 16.0 Å². The molecular formula is C76H120F6N12O14. The minimum atomic E-state index is -4.55. The second-order valence-corrected chi connectivity index (χ2v) is 32.0. The maximum absolute atomic E-state index is 15.6. The smallest absolute Gasteiger partial charge is 0.385 e. The van der Waals surface area contributed by atoms with E-state index in [2.05, 4.69) is 16.0 Å². The number of carbonyl (C=O) groups is 12. The lowest BCUT2D eigenvalue weighted by Gasteiger charge is -2.47. The standard InChI is InChI=1S/C76H120F6N12O14/c1-14-36-86(5)68(101)57-42-61(96)89(8)54(33-38-107-12)65(98)84-63(47(4)15-2)71(104)88(7)45-62(97)90(9)55-24-17-16-20-37-93(70(55)103)58(40-48-25-29-51(30-26-48)75(77,78)79)69(102)87(6)44-60(95)83-53(32-28-49-27-31-52(76(80,81)82)59(41-49)108-13)67(100)94-43-46(3)39-56(94)66(99)85-74(34-21-35-74)73(106)92(11)64(72(105)91(57)10)50-22-18-19-23-50/h16-17,46-59,63-64H,14-15,18-45H2,1-13H3,(H,83,95)(H,84,98)(H,85,99)/b17-16-/t46-,47-,48?,49?,51?,52?,53-,54-,55-,56-,57-,58-,59?,63-,64-/m0/s1. The molecule has 3 heterocycles. The Balaban J connectivity index is 1.31. The summed E-state index contributed by atoms with van der Waals surface area (Å²) in [6.45, 7) is 5.81. The summed E-state index contributed by atoms with van der Waals surface area (Å²) < 4.78 is 96.1. The zero-order chi connectivity index (χ0) is 80.0. The number of alkyl halides is 6. The van der Waals surface area contributed by atoms with Gasteiger partial charge in [-0.15, -0.1) is 0 Å². The fraction of sp³-hybridized carbons (Fsp3) is 0.816. The van der Waals surface area contributed by atoms with Crippen molar-refractivity contribution < 1.29 is 93.4 Å². The van der Waals surface area contributed by atoms with Crippen molar-refractivity contribution in [1.82, 2.24) is 60.0 Å². The van der Waals surface area contributed by atoms with Crippen molar-refractivity contribution in [2.45, 2.75) is 254 Å². The first kappa shape index (κ1) is 88.1. The molecule has 0 aromatic carbocycles. The van der Waals surface area contributed by atoms with Crippen LogP contribution in [-0.4, -0.2) is 290 Å². The molecule has 4 saturated carbocycles. The van der Waals surface area contributed by atoms with Gasteiger partial charge in [-0.05, 0) is 152 Å². The minimum Gasteiger partial charge on any atom is -0.385 e. The lowest BCUT2D eigenvalue weighted by atomic mass is 9.74. The molecule has 3 aliphatic heterocycles. The largest absolute Gasteiger partial charge is 0.394 e. The molecule has 3 N–H and O–H groups in total. The second kappa shape index (κ2) is 38.7. The fourth-order valence-corrected chi connectivity index (χ4v) is 17.4. The third-order valence-corrected chi connectivity index (χ3v) is 24.5. The van der Waals surface area contributed by atoms with E-state index in [4.69, 9.17) is 9.47 Å². The number of nitrogens with one attached hydrogen (secondary N) is 3. The van der Waals surface area contributed by atoms with Crippen molar-refractivity contribution in [2.75, 3.05) is 103 Å². The molecule has 6 fully saturated rings. The van der Waals surface area contributed by atoms with Crippen LogP contribution in [0.15, 0.2) is 12.2 Å². The van der Waals surface area contributed by atoms with Crippen LogP contribution in [0.25, 0.3) is 0 Å². The Kier molecular flexibility index (Phi) is 31.6. The molecule has 610 valence electrons. The Labute approximate surface area is 632 Å². The van der Waals surface area contributed by atoms with Crippen LogP contribution in [0.5, 0.6) is 0 Å². The molecule has 3 unspecified atom stereocenters. The number of rotatable bonds is 15. The van der Waals surface area contributed by atoms with Crippen molar-refractivity contribution >= 4 is 70.9 Å². The van der Waals surface area contributed by atoms with Gasteiger partial charge in [0.15, 0.2) is 0 Å². The van der Waals surface area contributed by atoms with Crippen molar-refractivity contribution in [3.63, 3.8) is 0 Å². The molecule has 108 heavy (non-hydrogen) atoms. The third-order valence-electron chi connectivity index (χ3n) is 24.5. The number of hydrogen-bond acceptors (Lipinski definition) is 14. The van der Waals surface area contributed by atoms with E-state index >= 15 is 33.6 Å². The van der Waals surface area contributed by atoms with Gasteiger partial charge >= 0.3 is 12.4 Å². The van der Waals surface area contributed by atoms with E-state index in [0.717, 1.165) is 19.6 Å². The Morgan fingerprint density at radius 3 is 1.90 bits per heavy atom. The summed E-state index contributed by atoms with van der Waals surface area (Å²) in [6.07, 6.45) is -4.09. The quantitative estimate of drug-likeness (QED) is 0.124. The van der Waals surface area contributed by atoms with Crippen LogP contribution in [0.2, 0.25) is 0 Å². The zero-order valence-corrected chi connectivity index (χ0v) is 65.6. The summed E-state index contributed by atoms with van der Waals surface area (Å²) in [5.74, 6) is -14.4. The van der Waals surface area contributed by atoms with E-state index in [-0.39, 0.29) is 135 Å². The number of fused-ring (bicyclic) bond motifs is 3. The molecule has 13 atom stereocenters. The predicted molar refractivity (Wildman–Crippen MR) is 387 cm³/mol. The first-order chi connectivity index (χ1) is 50.8. The number of hydrogen-bond donors (Lipinski definition) is 3. The number of nitrogens with zero attached hydrogens (tertiary/aromatic N) is 9. The van der Waals surface area contributed by atoms with Gasteiger partial charge in [0, 0.05) is 96.2 Å². The van der Waals surface area contributed by atoms with Gasteiger partial charge < -0.3 is 69.5 Å². The van der Waals surface area contributed by atoms with Gasteiger partial charge in [-0.3, -0.25) is 57.5 Å². The number of methoxy groups -OCH3 is 2. The molecule has 2 saturated heterocycles. The number of halogens is 6. The monoisotopic (exact) mass is 1540 g/mol. The highest BCUT2D eigenvalue weighted by Crippen LogP contribution is 2.45. The molecule has 1 spiro atoms. The molecule has 12 amide bonds. The van der Waals surface area contributed by atoms with Crippen molar-refractivity contribution in [2.24, 2.45) is 41.4 Å². The van der Waals surface area contributed by atoms with Crippen molar-refractivity contribution in [3.05, 3.63) is 12.2 Å². The van der Waals surface area contributed by atoms with Crippen LogP contribution in [0.1, 0.15) is 182 Å². The molecule has 2 bridgehead atoms.